The molecule has 6 nitrogen and oxygen atoms in total. The standard InChI is InChI=1S/C32H28N2O4/c1-36-24-17-16-22(19-26(24)37-2)28-29-23-13-7-6-12-21(23)15-18-25(29)38-32-30(28)31(35)33-27(34-32)14-8-11-20-9-4-3-5-10-20/h3-7,9-10,12-13,15-19,28H,8,11,14H2,1-2H3,(H,33,34,35). The van der Waals surface area contributed by atoms with Crippen molar-refractivity contribution in [1.82, 2.24) is 9.97 Å². The van der Waals surface area contributed by atoms with Crippen molar-refractivity contribution >= 4 is 10.8 Å². The molecule has 1 unspecified atom stereocenters. The molecule has 0 radical (unpaired) electrons. The number of H-pyrrole nitrogens is 1. The van der Waals surface area contributed by atoms with Crippen molar-refractivity contribution in [3.63, 3.8) is 0 Å². The Hall–Kier alpha value is -4.58. The first kappa shape index (κ1) is 23.8. The summed E-state index contributed by atoms with van der Waals surface area (Å²) in [6.45, 7) is 0. The number of methoxy groups -OCH3 is 2. The van der Waals surface area contributed by atoms with Crippen molar-refractivity contribution in [2.45, 2.75) is 25.2 Å². The van der Waals surface area contributed by atoms with Crippen LogP contribution in [0.5, 0.6) is 23.1 Å². The maximum absolute atomic E-state index is 13.7. The van der Waals surface area contributed by atoms with E-state index in [2.05, 4.69) is 29.2 Å². The van der Waals surface area contributed by atoms with Crippen LogP contribution in [0.25, 0.3) is 10.8 Å². The van der Waals surface area contributed by atoms with Crippen LogP contribution in [0.4, 0.5) is 0 Å². The fraction of sp³-hybridized carbons (Fsp3) is 0.188. The van der Waals surface area contributed by atoms with Gasteiger partial charge in [0.15, 0.2) is 11.5 Å². The molecule has 6 rings (SSSR count). The number of aromatic nitrogens is 2. The topological polar surface area (TPSA) is 73.4 Å². The van der Waals surface area contributed by atoms with Crippen LogP contribution >= 0.6 is 0 Å². The summed E-state index contributed by atoms with van der Waals surface area (Å²) in [6.07, 6.45) is 2.42. The zero-order valence-corrected chi connectivity index (χ0v) is 21.4. The molecular weight excluding hydrogens is 476 g/mol. The Balaban J connectivity index is 1.46. The average Bonchev–Trinajstić information content (AvgIpc) is 2.96. The van der Waals surface area contributed by atoms with Crippen molar-refractivity contribution in [2.24, 2.45) is 0 Å². The lowest BCUT2D eigenvalue weighted by Crippen LogP contribution is -2.25. The predicted molar refractivity (Wildman–Crippen MR) is 148 cm³/mol. The Bertz CT molecular complexity index is 1680. The van der Waals surface area contributed by atoms with E-state index in [1.54, 1.807) is 14.2 Å². The van der Waals surface area contributed by atoms with Crippen molar-refractivity contribution in [1.29, 1.82) is 0 Å². The zero-order valence-electron chi connectivity index (χ0n) is 21.4. The fourth-order valence-electron chi connectivity index (χ4n) is 5.34. The van der Waals surface area contributed by atoms with Gasteiger partial charge in [0, 0.05) is 17.9 Å². The van der Waals surface area contributed by atoms with Gasteiger partial charge in [0.05, 0.1) is 19.8 Å². The second-order valence-corrected chi connectivity index (χ2v) is 9.42. The molecule has 1 N–H and O–H groups in total. The Morgan fingerprint density at radius 3 is 2.45 bits per heavy atom. The molecule has 0 fully saturated rings. The second kappa shape index (κ2) is 10.1. The molecule has 0 saturated carbocycles. The van der Waals surface area contributed by atoms with Crippen LogP contribution in [0, 0.1) is 0 Å². The average molecular weight is 505 g/mol. The molecule has 2 heterocycles. The third kappa shape index (κ3) is 4.28. The van der Waals surface area contributed by atoms with E-state index >= 15 is 0 Å². The summed E-state index contributed by atoms with van der Waals surface area (Å²) in [7, 11) is 3.22. The number of aromatic amines is 1. The molecule has 1 aliphatic rings. The van der Waals surface area contributed by atoms with Crippen molar-refractivity contribution in [3.8, 4) is 23.1 Å². The monoisotopic (exact) mass is 504 g/mol. The molecule has 5 aromatic rings. The van der Waals surface area contributed by atoms with Crippen LogP contribution in [0.2, 0.25) is 0 Å². The molecule has 0 bridgehead atoms. The summed E-state index contributed by atoms with van der Waals surface area (Å²) in [5.74, 6) is 2.51. The highest BCUT2D eigenvalue weighted by Gasteiger charge is 2.35. The van der Waals surface area contributed by atoms with E-state index in [9.17, 15) is 4.79 Å². The van der Waals surface area contributed by atoms with Crippen molar-refractivity contribution in [2.75, 3.05) is 14.2 Å². The molecule has 190 valence electrons. The molecule has 0 saturated heterocycles. The molecule has 38 heavy (non-hydrogen) atoms. The third-order valence-electron chi connectivity index (χ3n) is 7.15. The Morgan fingerprint density at radius 2 is 1.63 bits per heavy atom. The van der Waals surface area contributed by atoms with Gasteiger partial charge in [0.1, 0.15) is 11.6 Å². The van der Waals surface area contributed by atoms with Gasteiger partial charge in [-0.05, 0) is 52.9 Å². The molecule has 0 amide bonds. The first-order valence-corrected chi connectivity index (χ1v) is 12.7. The quantitative estimate of drug-likeness (QED) is 0.272. The first-order chi connectivity index (χ1) is 18.7. The third-order valence-corrected chi connectivity index (χ3v) is 7.15. The van der Waals surface area contributed by atoms with Crippen molar-refractivity contribution < 1.29 is 14.2 Å². The maximum Gasteiger partial charge on any atom is 0.258 e. The van der Waals surface area contributed by atoms with Gasteiger partial charge in [-0.1, -0.05) is 66.7 Å². The molecule has 1 aliphatic heterocycles. The summed E-state index contributed by atoms with van der Waals surface area (Å²) in [5, 5.41) is 2.10. The number of aryl methyl sites for hydroxylation is 2. The highest BCUT2D eigenvalue weighted by Crippen LogP contribution is 2.49. The number of nitrogens with one attached hydrogen (secondary N) is 1. The summed E-state index contributed by atoms with van der Waals surface area (Å²) in [4.78, 5) is 21.5. The molecule has 6 heteroatoms. The number of benzene rings is 4. The molecule has 0 aliphatic carbocycles. The number of hydrogen-bond donors (Lipinski definition) is 1. The van der Waals surface area contributed by atoms with E-state index in [0.29, 0.717) is 40.9 Å². The van der Waals surface area contributed by atoms with E-state index in [1.165, 1.54) is 5.56 Å². The smallest absolute Gasteiger partial charge is 0.258 e. The van der Waals surface area contributed by atoms with Gasteiger partial charge < -0.3 is 19.2 Å². The van der Waals surface area contributed by atoms with Crippen LogP contribution < -0.4 is 19.8 Å². The van der Waals surface area contributed by atoms with E-state index in [0.717, 1.165) is 34.7 Å². The molecule has 0 spiro atoms. The van der Waals surface area contributed by atoms with Gasteiger partial charge in [0.2, 0.25) is 5.88 Å². The molecule has 1 atom stereocenters. The minimum Gasteiger partial charge on any atom is -0.493 e. The minimum absolute atomic E-state index is 0.192. The largest absolute Gasteiger partial charge is 0.493 e. The van der Waals surface area contributed by atoms with Gasteiger partial charge in [-0.15, -0.1) is 0 Å². The number of ether oxygens (including phenoxy) is 3. The van der Waals surface area contributed by atoms with Gasteiger partial charge in [0.25, 0.3) is 5.56 Å². The normalized spacial score (nSPS) is 13.9. The zero-order chi connectivity index (χ0) is 26.1. The lowest BCUT2D eigenvalue weighted by Gasteiger charge is -2.29. The van der Waals surface area contributed by atoms with Gasteiger partial charge in [-0.2, -0.15) is 4.98 Å². The van der Waals surface area contributed by atoms with Crippen LogP contribution in [0.15, 0.2) is 89.7 Å². The summed E-state index contributed by atoms with van der Waals surface area (Å²) in [6, 6.07) is 28.2. The highest BCUT2D eigenvalue weighted by molar-refractivity contribution is 5.90. The molecule has 1 aromatic heterocycles. The van der Waals surface area contributed by atoms with Crippen LogP contribution in [-0.4, -0.2) is 24.2 Å². The van der Waals surface area contributed by atoms with Crippen molar-refractivity contribution in [3.05, 3.63) is 123 Å². The molecular formula is C32H28N2O4. The second-order valence-electron chi connectivity index (χ2n) is 9.42. The van der Waals surface area contributed by atoms with Gasteiger partial charge in [-0.3, -0.25) is 4.79 Å². The Kier molecular flexibility index (Phi) is 6.30. The van der Waals surface area contributed by atoms with Crippen LogP contribution in [0.1, 0.15) is 40.4 Å². The number of rotatable bonds is 7. The van der Waals surface area contributed by atoms with Crippen LogP contribution in [0.3, 0.4) is 0 Å². The fourth-order valence-corrected chi connectivity index (χ4v) is 5.34. The Morgan fingerprint density at radius 1 is 0.842 bits per heavy atom. The van der Waals surface area contributed by atoms with E-state index in [4.69, 9.17) is 19.2 Å². The summed E-state index contributed by atoms with van der Waals surface area (Å²) < 4.78 is 17.4. The van der Waals surface area contributed by atoms with Gasteiger partial charge >= 0.3 is 0 Å². The van der Waals surface area contributed by atoms with Crippen LogP contribution in [-0.2, 0) is 12.8 Å². The van der Waals surface area contributed by atoms with E-state index in [-0.39, 0.29) is 5.56 Å². The maximum atomic E-state index is 13.7. The van der Waals surface area contributed by atoms with E-state index in [1.807, 2.05) is 60.7 Å². The Labute approximate surface area is 220 Å². The lowest BCUT2D eigenvalue weighted by molar-refractivity contribution is 0.354. The lowest BCUT2D eigenvalue weighted by atomic mass is 9.81. The highest BCUT2D eigenvalue weighted by atomic mass is 16.5. The molecule has 4 aromatic carbocycles. The predicted octanol–water partition coefficient (Wildman–Crippen LogP) is 6.40. The summed E-state index contributed by atoms with van der Waals surface area (Å²) in [5.41, 5.74) is 3.40. The number of fused-ring (bicyclic) bond motifs is 4. The van der Waals surface area contributed by atoms with E-state index < -0.39 is 5.92 Å². The van der Waals surface area contributed by atoms with Gasteiger partial charge in [-0.25, -0.2) is 0 Å². The summed E-state index contributed by atoms with van der Waals surface area (Å²) >= 11 is 0. The number of nitrogens with zero attached hydrogens (tertiary/aromatic N) is 1. The first-order valence-electron chi connectivity index (χ1n) is 12.7. The SMILES string of the molecule is COc1ccc(C2c3c(nc(CCCc4ccccc4)[nH]c3=O)Oc3ccc4ccccc4c32)cc1OC. The number of hydrogen-bond acceptors (Lipinski definition) is 5. The minimum atomic E-state index is -0.394.